The molecule has 2 aromatic carbocycles. The first-order chi connectivity index (χ1) is 15.2. The molecule has 0 atom stereocenters. The van der Waals surface area contributed by atoms with Crippen molar-refractivity contribution in [1.82, 2.24) is 9.78 Å². The number of nitrogens with one attached hydrogen (secondary N) is 1. The average molecular weight is 496 g/mol. The fourth-order valence-electron chi connectivity index (χ4n) is 3.18. The van der Waals surface area contributed by atoms with Crippen molar-refractivity contribution in [3.05, 3.63) is 69.8 Å². The molecule has 166 valence electrons. The third-order valence-electron chi connectivity index (χ3n) is 4.55. The van der Waals surface area contributed by atoms with Gasteiger partial charge >= 0.3 is 5.97 Å². The molecule has 4 rings (SSSR count). The lowest BCUT2D eigenvalue weighted by Gasteiger charge is -2.07. The van der Waals surface area contributed by atoms with Crippen molar-refractivity contribution in [2.45, 2.75) is 10.8 Å². The van der Waals surface area contributed by atoms with Crippen molar-refractivity contribution < 1.29 is 27.4 Å². The largest absolute Gasteiger partial charge is 0.496 e. The van der Waals surface area contributed by atoms with Crippen LogP contribution in [0.25, 0.3) is 10.9 Å². The summed E-state index contributed by atoms with van der Waals surface area (Å²) in [5.41, 5.74) is 0.930. The molecular formula is C20H15ClFN3O5S2. The van der Waals surface area contributed by atoms with Gasteiger partial charge in [0.05, 0.1) is 34.5 Å². The molecule has 0 bridgehead atoms. The van der Waals surface area contributed by atoms with E-state index in [0.717, 1.165) is 17.4 Å². The SMILES string of the molecule is COc1cc(F)cc2c1c(NS(=O)(=O)c1ccc(Cl)s1)nn2Cc1cccc(C(=O)O)c1. The van der Waals surface area contributed by atoms with Gasteiger partial charge in [-0.2, -0.15) is 5.10 Å². The van der Waals surface area contributed by atoms with Crippen LogP contribution in [0.3, 0.4) is 0 Å². The van der Waals surface area contributed by atoms with Crippen LogP contribution in [0.1, 0.15) is 15.9 Å². The van der Waals surface area contributed by atoms with Gasteiger partial charge in [0.2, 0.25) is 0 Å². The lowest BCUT2D eigenvalue weighted by atomic mass is 10.1. The number of carbonyl (C=O) groups is 1. The van der Waals surface area contributed by atoms with Crippen LogP contribution in [0.5, 0.6) is 5.75 Å². The highest BCUT2D eigenvalue weighted by Crippen LogP contribution is 2.35. The van der Waals surface area contributed by atoms with Crippen molar-refractivity contribution in [2.75, 3.05) is 11.8 Å². The van der Waals surface area contributed by atoms with E-state index in [9.17, 15) is 22.7 Å². The van der Waals surface area contributed by atoms with Crippen LogP contribution in [0, 0.1) is 5.82 Å². The summed E-state index contributed by atoms with van der Waals surface area (Å²) in [5, 5.41) is 13.8. The third kappa shape index (κ3) is 4.27. The van der Waals surface area contributed by atoms with E-state index in [2.05, 4.69) is 9.82 Å². The first-order valence-electron chi connectivity index (χ1n) is 9.02. The molecule has 0 amide bonds. The topological polar surface area (TPSA) is 111 Å². The molecule has 0 aliphatic heterocycles. The number of thiophene rings is 1. The number of sulfonamides is 1. The molecule has 32 heavy (non-hydrogen) atoms. The van der Waals surface area contributed by atoms with E-state index in [0.29, 0.717) is 9.90 Å². The van der Waals surface area contributed by atoms with Gasteiger partial charge in [0, 0.05) is 12.1 Å². The molecule has 4 aromatic rings. The molecule has 2 N–H and O–H groups in total. The Kier molecular flexibility index (Phi) is 5.80. The molecule has 0 aliphatic carbocycles. The number of fused-ring (bicyclic) bond motifs is 1. The lowest BCUT2D eigenvalue weighted by Crippen LogP contribution is -2.12. The number of hydrogen-bond donors (Lipinski definition) is 2. The van der Waals surface area contributed by atoms with Crippen molar-refractivity contribution in [3.63, 3.8) is 0 Å². The number of benzene rings is 2. The standard InChI is InChI=1S/C20H15ClFN3O5S2/c1-30-15-9-13(22)8-14-18(15)19(24-32(28,29)17-6-5-16(21)31-17)23-25(14)10-11-3-2-4-12(7-11)20(26)27/h2-9H,10H2,1H3,(H,23,24)(H,26,27). The van der Waals surface area contributed by atoms with Crippen molar-refractivity contribution in [3.8, 4) is 5.75 Å². The maximum Gasteiger partial charge on any atom is 0.335 e. The predicted octanol–water partition coefficient (Wildman–Crippen LogP) is 4.45. The quantitative estimate of drug-likeness (QED) is 0.392. The Morgan fingerprint density at radius 2 is 2.06 bits per heavy atom. The van der Waals surface area contributed by atoms with E-state index in [1.807, 2.05) is 0 Å². The maximum absolute atomic E-state index is 14.2. The zero-order valence-electron chi connectivity index (χ0n) is 16.4. The van der Waals surface area contributed by atoms with Crippen LogP contribution in [0.4, 0.5) is 10.2 Å². The molecule has 0 spiro atoms. The number of halogens is 2. The number of nitrogens with zero attached hydrogens (tertiary/aromatic N) is 2. The Bertz CT molecular complexity index is 1450. The molecule has 0 fully saturated rings. The first-order valence-corrected chi connectivity index (χ1v) is 11.7. The second-order valence-electron chi connectivity index (χ2n) is 6.68. The van der Waals surface area contributed by atoms with Crippen molar-refractivity contribution in [1.29, 1.82) is 0 Å². The Morgan fingerprint density at radius 3 is 2.72 bits per heavy atom. The molecule has 0 saturated heterocycles. The molecule has 2 aromatic heterocycles. The van der Waals surface area contributed by atoms with Crippen LogP contribution in [-0.2, 0) is 16.6 Å². The highest BCUT2D eigenvalue weighted by molar-refractivity contribution is 7.94. The summed E-state index contributed by atoms with van der Waals surface area (Å²) in [4.78, 5) is 11.3. The maximum atomic E-state index is 14.2. The summed E-state index contributed by atoms with van der Waals surface area (Å²) in [5.74, 6) is -1.66. The number of hydrogen-bond acceptors (Lipinski definition) is 6. The molecule has 0 aliphatic rings. The van der Waals surface area contributed by atoms with Gasteiger partial charge < -0.3 is 9.84 Å². The molecular weight excluding hydrogens is 481 g/mol. The Hall–Kier alpha value is -3.15. The number of rotatable bonds is 7. The van der Waals surface area contributed by atoms with E-state index in [1.165, 1.54) is 42.1 Å². The smallest absolute Gasteiger partial charge is 0.335 e. The third-order valence-corrected chi connectivity index (χ3v) is 7.61. The van der Waals surface area contributed by atoms with Gasteiger partial charge in [0.25, 0.3) is 10.0 Å². The minimum absolute atomic E-state index is 0.0135. The molecule has 0 saturated carbocycles. The van der Waals surface area contributed by atoms with Gasteiger partial charge in [0.1, 0.15) is 15.8 Å². The minimum Gasteiger partial charge on any atom is -0.496 e. The number of carboxylic acids is 1. The van der Waals surface area contributed by atoms with Gasteiger partial charge in [-0.05, 0) is 29.8 Å². The highest BCUT2D eigenvalue weighted by atomic mass is 35.5. The van der Waals surface area contributed by atoms with Crippen LogP contribution in [-0.4, -0.2) is 36.4 Å². The summed E-state index contributed by atoms with van der Waals surface area (Å²) >= 11 is 6.74. The molecule has 8 nitrogen and oxygen atoms in total. The lowest BCUT2D eigenvalue weighted by molar-refractivity contribution is 0.0696. The number of methoxy groups -OCH3 is 1. The first kappa shape index (κ1) is 22.1. The number of anilines is 1. The monoisotopic (exact) mass is 495 g/mol. The summed E-state index contributed by atoms with van der Waals surface area (Å²) in [6, 6.07) is 11.3. The molecule has 0 unspecified atom stereocenters. The summed E-state index contributed by atoms with van der Waals surface area (Å²) in [7, 11) is -2.68. The second kappa shape index (κ2) is 8.41. The predicted molar refractivity (Wildman–Crippen MR) is 119 cm³/mol. The van der Waals surface area contributed by atoms with E-state index in [4.69, 9.17) is 16.3 Å². The van der Waals surface area contributed by atoms with Gasteiger partial charge in [-0.1, -0.05) is 23.7 Å². The second-order valence-corrected chi connectivity index (χ2v) is 10.3. The number of aromatic carboxylic acids is 1. The average Bonchev–Trinajstić information content (AvgIpc) is 3.32. The fraction of sp³-hybridized carbons (Fsp3) is 0.100. The zero-order valence-corrected chi connectivity index (χ0v) is 18.8. The Labute approximate surface area is 190 Å². The molecule has 2 heterocycles. The van der Waals surface area contributed by atoms with Gasteiger partial charge in [-0.3, -0.25) is 9.40 Å². The zero-order chi connectivity index (χ0) is 23.0. The van der Waals surface area contributed by atoms with E-state index in [-0.39, 0.29) is 38.8 Å². The minimum atomic E-state index is -4.02. The Balaban J connectivity index is 1.83. The Morgan fingerprint density at radius 1 is 1.28 bits per heavy atom. The van der Waals surface area contributed by atoms with E-state index >= 15 is 0 Å². The normalized spacial score (nSPS) is 11.6. The van der Waals surface area contributed by atoms with Crippen LogP contribution in [0.2, 0.25) is 4.34 Å². The van der Waals surface area contributed by atoms with Crippen LogP contribution < -0.4 is 9.46 Å². The van der Waals surface area contributed by atoms with Gasteiger partial charge in [-0.15, -0.1) is 11.3 Å². The number of carboxylic acid groups (broad SMARTS) is 1. The number of aromatic nitrogens is 2. The van der Waals surface area contributed by atoms with E-state index in [1.54, 1.807) is 12.1 Å². The van der Waals surface area contributed by atoms with Gasteiger partial charge in [0.15, 0.2) is 5.82 Å². The van der Waals surface area contributed by atoms with Crippen LogP contribution in [0.15, 0.2) is 52.7 Å². The summed E-state index contributed by atoms with van der Waals surface area (Å²) < 4.78 is 49.2. The number of ether oxygens (including phenoxy) is 1. The van der Waals surface area contributed by atoms with Gasteiger partial charge in [-0.25, -0.2) is 17.6 Å². The van der Waals surface area contributed by atoms with Crippen LogP contribution >= 0.6 is 22.9 Å². The fourth-order valence-corrected chi connectivity index (χ4v) is 5.67. The van der Waals surface area contributed by atoms with Crippen molar-refractivity contribution >= 4 is 55.7 Å². The molecule has 0 radical (unpaired) electrons. The van der Waals surface area contributed by atoms with E-state index < -0.39 is 21.8 Å². The molecule has 12 heteroatoms. The van der Waals surface area contributed by atoms with Crippen molar-refractivity contribution in [2.24, 2.45) is 0 Å². The highest BCUT2D eigenvalue weighted by Gasteiger charge is 2.24. The summed E-state index contributed by atoms with van der Waals surface area (Å²) in [6.45, 7) is 0.0663. The summed E-state index contributed by atoms with van der Waals surface area (Å²) in [6.07, 6.45) is 0.